The van der Waals surface area contributed by atoms with Crippen LogP contribution in [-0.2, 0) is 0 Å². The molecule has 0 fully saturated rings. The van der Waals surface area contributed by atoms with E-state index < -0.39 is 6.10 Å². The van der Waals surface area contributed by atoms with Crippen LogP contribution in [0.3, 0.4) is 0 Å². The molecule has 106 valence electrons. The van der Waals surface area contributed by atoms with Gasteiger partial charge in [-0.25, -0.2) is 4.39 Å². The first-order valence-corrected chi connectivity index (χ1v) is 6.92. The van der Waals surface area contributed by atoms with Crippen LogP contribution in [0.4, 0.5) is 4.39 Å². The predicted molar refractivity (Wildman–Crippen MR) is 79.5 cm³/mol. The Morgan fingerprint density at radius 3 is 2.60 bits per heavy atom. The monoisotopic (exact) mass is 293 g/mol. The summed E-state index contributed by atoms with van der Waals surface area (Å²) in [5.41, 5.74) is 6.54. The topological polar surface area (TPSA) is 35.2 Å². The van der Waals surface area contributed by atoms with Crippen LogP contribution in [-0.4, -0.2) is 6.04 Å². The molecule has 20 heavy (non-hydrogen) atoms. The van der Waals surface area contributed by atoms with Gasteiger partial charge in [0.25, 0.3) is 0 Å². The zero-order chi connectivity index (χ0) is 14.5. The summed E-state index contributed by atoms with van der Waals surface area (Å²) in [5.74, 6) is 0.262. The molecule has 0 aliphatic rings. The van der Waals surface area contributed by atoms with Crippen LogP contribution in [0.5, 0.6) is 5.75 Å². The van der Waals surface area contributed by atoms with Gasteiger partial charge in [-0.15, -0.1) is 0 Å². The second-order valence-corrected chi connectivity index (χ2v) is 5.03. The Balaban J connectivity index is 2.32. The Hall–Kier alpha value is -1.58. The van der Waals surface area contributed by atoms with Crippen LogP contribution in [0.15, 0.2) is 48.5 Å². The van der Waals surface area contributed by atoms with E-state index in [9.17, 15) is 4.39 Å². The molecule has 2 aromatic carbocycles. The number of nitrogens with two attached hydrogens (primary N) is 1. The molecule has 0 saturated carbocycles. The van der Waals surface area contributed by atoms with Gasteiger partial charge >= 0.3 is 0 Å². The second-order valence-electron chi connectivity index (χ2n) is 4.59. The molecular formula is C16H17ClFNO. The summed E-state index contributed by atoms with van der Waals surface area (Å²) in [6.45, 7) is 1.94. The van der Waals surface area contributed by atoms with Crippen molar-refractivity contribution in [3.05, 3.63) is 64.9 Å². The summed E-state index contributed by atoms with van der Waals surface area (Å²) in [5, 5.41) is 0.569. The fourth-order valence-electron chi connectivity index (χ4n) is 1.99. The first-order valence-electron chi connectivity index (χ1n) is 6.54. The van der Waals surface area contributed by atoms with Gasteiger partial charge < -0.3 is 10.5 Å². The summed E-state index contributed by atoms with van der Waals surface area (Å²) in [6.07, 6.45) is 0.138. The summed E-state index contributed by atoms with van der Waals surface area (Å²) < 4.78 is 19.8. The zero-order valence-corrected chi connectivity index (χ0v) is 12.0. The molecule has 2 N–H and O–H groups in total. The largest absolute Gasteiger partial charge is 0.484 e. The molecule has 0 aromatic heterocycles. The molecule has 4 heteroatoms. The van der Waals surface area contributed by atoms with Gasteiger partial charge in [0.1, 0.15) is 17.7 Å². The van der Waals surface area contributed by atoms with Crippen LogP contribution >= 0.6 is 11.6 Å². The molecule has 0 bridgehead atoms. The number of ether oxygens (including phenoxy) is 1. The summed E-state index contributed by atoms with van der Waals surface area (Å²) in [7, 11) is 0. The quantitative estimate of drug-likeness (QED) is 0.890. The smallest absolute Gasteiger partial charge is 0.142 e. The highest BCUT2D eigenvalue weighted by molar-refractivity contribution is 6.30. The first-order chi connectivity index (χ1) is 9.61. The molecular weight excluding hydrogens is 277 g/mol. The lowest BCUT2D eigenvalue weighted by Gasteiger charge is -2.25. The van der Waals surface area contributed by atoms with E-state index in [1.165, 1.54) is 6.07 Å². The Morgan fingerprint density at radius 2 is 1.95 bits per heavy atom. The lowest BCUT2D eigenvalue weighted by Crippen LogP contribution is -2.32. The number of benzene rings is 2. The summed E-state index contributed by atoms with van der Waals surface area (Å²) in [4.78, 5) is 0. The molecule has 0 saturated heterocycles. The molecule has 0 aliphatic carbocycles. The highest BCUT2D eigenvalue weighted by Crippen LogP contribution is 2.28. The van der Waals surface area contributed by atoms with E-state index in [1.54, 1.807) is 42.5 Å². The third kappa shape index (κ3) is 3.50. The highest BCUT2D eigenvalue weighted by atomic mass is 35.5. The van der Waals surface area contributed by atoms with Gasteiger partial charge in [0.2, 0.25) is 0 Å². The van der Waals surface area contributed by atoms with Crippen molar-refractivity contribution in [3.8, 4) is 5.75 Å². The van der Waals surface area contributed by atoms with E-state index >= 15 is 0 Å². The van der Waals surface area contributed by atoms with E-state index in [1.807, 2.05) is 6.92 Å². The van der Waals surface area contributed by atoms with Gasteiger partial charge in [-0.1, -0.05) is 42.8 Å². The maximum absolute atomic E-state index is 14.0. The Bertz CT molecular complexity index is 576. The molecule has 2 unspecified atom stereocenters. The third-order valence-corrected chi connectivity index (χ3v) is 3.37. The van der Waals surface area contributed by atoms with Crippen molar-refractivity contribution in [2.45, 2.75) is 25.5 Å². The van der Waals surface area contributed by atoms with Crippen molar-refractivity contribution in [2.24, 2.45) is 5.73 Å². The van der Waals surface area contributed by atoms with Crippen molar-refractivity contribution in [1.82, 2.24) is 0 Å². The minimum atomic E-state index is -0.542. The minimum absolute atomic E-state index is 0.300. The molecule has 0 radical (unpaired) electrons. The summed E-state index contributed by atoms with van der Waals surface area (Å²) in [6, 6.07) is 13.2. The average molecular weight is 294 g/mol. The van der Waals surface area contributed by atoms with Gasteiger partial charge in [-0.3, -0.25) is 0 Å². The van der Waals surface area contributed by atoms with E-state index in [-0.39, 0.29) is 11.9 Å². The van der Waals surface area contributed by atoms with Gasteiger partial charge in [0.05, 0.1) is 0 Å². The highest BCUT2D eigenvalue weighted by Gasteiger charge is 2.23. The van der Waals surface area contributed by atoms with E-state index in [0.717, 1.165) is 0 Å². The molecule has 0 amide bonds. The fraction of sp³-hybridized carbons (Fsp3) is 0.250. The van der Waals surface area contributed by atoms with Gasteiger partial charge in [0.15, 0.2) is 0 Å². The van der Waals surface area contributed by atoms with Crippen molar-refractivity contribution in [3.63, 3.8) is 0 Å². The molecule has 2 nitrogen and oxygen atoms in total. The molecule has 2 atom stereocenters. The van der Waals surface area contributed by atoms with E-state index in [2.05, 4.69) is 0 Å². The van der Waals surface area contributed by atoms with Crippen molar-refractivity contribution in [1.29, 1.82) is 0 Å². The van der Waals surface area contributed by atoms with Crippen molar-refractivity contribution in [2.75, 3.05) is 0 Å². The van der Waals surface area contributed by atoms with Gasteiger partial charge in [-0.05, 0) is 30.7 Å². The second kappa shape index (κ2) is 6.73. The maximum atomic E-state index is 14.0. The Morgan fingerprint density at radius 1 is 1.20 bits per heavy atom. The normalized spacial score (nSPS) is 13.8. The van der Waals surface area contributed by atoms with E-state index in [0.29, 0.717) is 22.8 Å². The number of hydrogen-bond acceptors (Lipinski definition) is 2. The SMILES string of the molecule is CCC(N)C(Oc1cccc(Cl)c1)c1ccccc1F. The predicted octanol–water partition coefficient (Wildman–Crippen LogP) is 4.34. The first kappa shape index (κ1) is 14.8. The van der Waals surface area contributed by atoms with Gasteiger partial charge in [-0.2, -0.15) is 0 Å². The van der Waals surface area contributed by atoms with Crippen LogP contribution in [0.2, 0.25) is 5.02 Å². The average Bonchev–Trinajstić information content (AvgIpc) is 2.45. The fourth-order valence-corrected chi connectivity index (χ4v) is 2.17. The summed E-state index contributed by atoms with van der Waals surface area (Å²) >= 11 is 5.93. The van der Waals surface area contributed by atoms with Crippen molar-refractivity contribution >= 4 is 11.6 Å². The standard InChI is InChI=1S/C16H17ClFNO/c1-2-15(19)16(13-8-3-4-9-14(13)18)20-12-7-5-6-11(17)10-12/h3-10,15-16H,2,19H2,1H3. The van der Waals surface area contributed by atoms with Crippen molar-refractivity contribution < 1.29 is 9.13 Å². The molecule has 2 aromatic rings. The minimum Gasteiger partial charge on any atom is -0.484 e. The maximum Gasteiger partial charge on any atom is 0.142 e. The van der Waals surface area contributed by atoms with Crippen LogP contribution < -0.4 is 10.5 Å². The van der Waals surface area contributed by atoms with Crippen LogP contribution in [0.25, 0.3) is 0 Å². The molecule has 2 rings (SSSR count). The number of hydrogen-bond donors (Lipinski definition) is 1. The third-order valence-electron chi connectivity index (χ3n) is 3.13. The molecule has 0 heterocycles. The number of rotatable bonds is 5. The van der Waals surface area contributed by atoms with Gasteiger partial charge in [0, 0.05) is 16.6 Å². The van der Waals surface area contributed by atoms with Crippen LogP contribution in [0, 0.1) is 5.82 Å². The number of halogens is 2. The Labute approximate surface area is 123 Å². The lowest BCUT2D eigenvalue weighted by molar-refractivity contribution is 0.166. The molecule has 0 aliphatic heterocycles. The van der Waals surface area contributed by atoms with Crippen LogP contribution in [0.1, 0.15) is 25.0 Å². The Kier molecular flexibility index (Phi) is 4.99. The molecule has 0 spiro atoms. The van der Waals surface area contributed by atoms with E-state index in [4.69, 9.17) is 22.1 Å². The lowest BCUT2D eigenvalue weighted by atomic mass is 10.0. The zero-order valence-electron chi connectivity index (χ0n) is 11.2.